The summed E-state index contributed by atoms with van der Waals surface area (Å²) in [6.45, 7) is 3.07. The number of carbonyl (C=O) groups is 3. The van der Waals surface area contributed by atoms with Crippen molar-refractivity contribution >= 4 is 40.4 Å². The van der Waals surface area contributed by atoms with Crippen molar-refractivity contribution in [2.75, 3.05) is 13.2 Å². The predicted octanol–water partition coefficient (Wildman–Crippen LogP) is 2.06. The van der Waals surface area contributed by atoms with E-state index in [1.54, 1.807) is 24.3 Å². The highest BCUT2D eigenvalue weighted by molar-refractivity contribution is 6.29. The van der Waals surface area contributed by atoms with Crippen LogP contribution in [0.3, 0.4) is 0 Å². The van der Waals surface area contributed by atoms with E-state index in [9.17, 15) is 14.4 Å². The molecule has 0 aliphatic rings. The van der Waals surface area contributed by atoms with Gasteiger partial charge in [0.1, 0.15) is 5.15 Å². The van der Waals surface area contributed by atoms with E-state index < -0.39 is 24.5 Å². The Labute approximate surface area is 142 Å². The molecule has 0 saturated heterocycles. The Bertz CT molecular complexity index is 807. The third-order valence-electron chi connectivity index (χ3n) is 2.89. The second-order valence-corrected chi connectivity index (χ2v) is 5.05. The minimum absolute atomic E-state index is 0.216. The predicted molar refractivity (Wildman–Crippen MR) is 88.8 cm³/mol. The molecule has 0 saturated carbocycles. The van der Waals surface area contributed by atoms with Crippen LogP contribution in [0.4, 0.5) is 4.79 Å². The average Bonchev–Trinajstić information content (AvgIpc) is 2.57. The van der Waals surface area contributed by atoms with E-state index in [1.165, 1.54) is 12.1 Å². The maximum absolute atomic E-state index is 12.0. The van der Waals surface area contributed by atoms with E-state index in [1.807, 2.05) is 5.32 Å². The fraction of sp³-hybridized carbons (Fsp3) is 0.125. The van der Waals surface area contributed by atoms with Crippen LogP contribution in [-0.4, -0.2) is 36.0 Å². The first kappa shape index (κ1) is 17.4. The van der Waals surface area contributed by atoms with Crippen molar-refractivity contribution in [3.8, 4) is 0 Å². The first-order chi connectivity index (χ1) is 11.5. The minimum atomic E-state index is -0.737. The Balaban J connectivity index is 1.92. The number of nitrogens with one attached hydrogen (secondary N) is 2. The number of carbonyl (C=O) groups excluding carboxylic acids is 3. The highest BCUT2D eigenvalue weighted by Crippen LogP contribution is 2.17. The van der Waals surface area contributed by atoms with Gasteiger partial charge in [0.2, 0.25) is 0 Å². The van der Waals surface area contributed by atoms with E-state index >= 15 is 0 Å². The van der Waals surface area contributed by atoms with Crippen LogP contribution in [-0.2, 0) is 9.53 Å². The lowest BCUT2D eigenvalue weighted by atomic mass is 10.1. The zero-order valence-corrected chi connectivity index (χ0v) is 13.3. The zero-order valence-electron chi connectivity index (χ0n) is 12.5. The third kappa shape index (κ3) is 4.79. The van der Waals surface area contributed by atoms with Gasteiger partial charge in [0.05, 0.1) is 11.1 Å². The van der Waals surface area contributed by atoms with Gasteiger partial charge in [0, 0.05) is 11.9 Å². The average molecular weight is 348 g/mol. The number of esters is 1. The molecule has 0 bridgehead atoms. The number of imide groups is 1. The second kappa shape index (κ2) is 8.07. The standard InChI is InChI=1S/C16H14ClN3O4/c1-2-7-18-16(23)20-14(21)9-24-15(22)11-3-5-12-10(8-11)4-6-13(17)19-12/h2-6,8H,1,7,9H2,(H2,18,20,21,23). The molecule has 0 aliphatic heterocycles. The van der Waals surface area contributed by atoms with Crippen LogP contribution in [0.15, 0.2) is 43.0 Å². The lowest BCUT2D eigenvalue weighted by Crippen LogP contribution is -2.41. The van der Waals surface area contributed by atoms with Gasteiger partial charge in [-0.15, -0.1) is 6.58 Å². The molecule has 0 spiro atoms. The summed E-state index contributed by atoms with van der Waals surface area (Å²) in [5, 5.41) is 5.44. The van der Waals surface area contributed by atoms with E-state index in [0.29, 0.717) is 16.1 Å². The molecule has 2 N–H and O–H groups in total. The number of hydrogen-bond donors (Lipinski definition) is 2. The minimum Gasteiger partial charge on any atom is -0.452 e. The van der Waals surface area contributed by atoms with Crippen LogP contribution in [0.5, 0.6) is 0 Å². The molecule has 24 heavy (non-hydrogen) atoms. The Morgan fingerprint density at radius 1 is 1.25 bits per heavy atom. The van der Waals surface area contributed by atoms with Gasteiger partial charge in [-0.2, -0.15) is 0 Å². The van der Waals surface area contributed by atoms with Crippen molar-refractivity contribution < 1.29 is 19.1 Å². The number of fused-ring (bicyclic) bond motifs is 1. The van der Waals surface area contributed by atoms with Crippen LogP contribution in [0.25, 0.3) is 10.9 Å². The lowest BCUT2D eigenvalue weighted by molar-refractivity contribution is -0.123. The number of rotatable bonds is 5. The summed E-state index contributed by atoms with van der Waals surface area (Å²) in [5.41, 5.74) is 0.895. The molecular weight excluding hydrogens is 334 g/mol. The molecule has 1 aromatic heterocycles. The van der Waals surface area contributed by atoms with Gasteiger partial charge in [0.25, 0.3) is 5.91 Å². The Kier molecular flexibility index (Phi) is 5.86. The SMILES string of the molecule is C=CCNC(=O)NC(=O)COC(=O)c1ccc2nc(Cl)ccc2c1. The van der Waals surface area contributed by atoms with Gasteiger partial charge in [-0.3, -0.25) is 10.1 Å². The van der Waals surface area contributed by atoms with E-state index in [4.69, 9.17) is 16.3 Å². The lowest BCUT2D eigenvalue weighted by Gasteiger charge is -2.07. The first-order valence-electron chi connectivity index (χ1n) is 6.91. The fourth-order valence-corrected chi connectivity index (χ4v) is 1.97. The highest BCUT2D eigenvalue weighted by Gasteiger charge is 2.13. The number of amides is 3. The number of benzene rings is 1. The Hall–Kier alpha value is -2.93. The summed E-state index contributed by atoms with van der Waals surface area (Å²) in [4.78, 5) is 38.8. The summed E-state index contributed by atoms with van der Waals surface area (Å²) in [5.74, 6) is -1.42. The number of urea groups is 1. The van der Waals surface area contributed by atoms with Gasteiger partial charge < -0.3 is 10.1 Å². The molecule has 124 valence electrons. The molecule has 0 radical (unpaired) electrons. The fourth-order valence-electron chi connectivity index (χ4n) is 1.81. The monoisotopic (exact) mass is 347 g/mol. The number of hydrogen-bond acceptors (Lipinski definition) is 5. The summed E-state index contributed by atoms with van der Waals surface area (Å²) in [7, 11) is 0. The largest absolute Gasteiger partial charge is 0.452 e. The first-order valence-corrected chi connectivity index (χ1v) is 7.29. The number of aromatic nitrogens is 1. The van der Waals surface area contributed by atoms with Gasteiger partial charge in [-0.1, -0.05) is 17.7 Å². The van der Waals surface area contributed by atoms with Gasteiger partial charge in [-0.05, 0) is 30.3 Å². The molecule has 3 amide bonds. The van der Waals surface area contributed by atoms with Crippen LogP contribution in [0.1, 0.15) is 10.4 Å². The maximum atomic E-state index is 12.0. The maximum Gasteiger partial charge on any atom is 0.338 e. The highest BCUT2D eigenvalue weighted by atomic mass is 35.5. The zero-order chi connectivity index (χ0) is 17.5. The molecule has 8 heteroatoms. The van der Waals surface area contributed by atoms with Crippen LogP contribution < -0.4 is 10.6 Å². The van der Waals surface area contributed by atoms with Crippen LogP contribution >= 0.6 is 11.6 Å². The summed E-state index contributed by atoms with van der Waals surface area (Å²) < 4.78 is 4.87. The van der Waals surface area contributed by atoms with E-state index in [0.717, 1.165) is 0 Å². The summed E-state index contributed by atoms with van der Waals surface area (Å²) in [6, 6.07) is 7.36. The number of nitrogens with zero attached hydrogens (tertiary/aromatic N) is 1. The van der Waals surface area contributed by atoms with Crippen molar-refractivity contribution in [3.63, 3.8) is 0 Å². The molecule has 2 rings (SSSR count). The van der Waals surface area contributed by atoms with Crippen molar-refractivity contribution in [2.45, 2.75) is 0 Å². The Morgan fingerprint density at radius 3 is 2.79 bits per heavy atom. The van der Waals surface area contributed by atoms with Gasteiger partial charge in [-0.25, -0.2) is 14.6 Å². The smallest absolute Gasteiger partial charge is 0.338 e. The molecule has 0 aliphatic carbocycles. The normalized spacial score (nSPS) is 10.0. The third-order valence-corrected chi connectivity index (χ3v) is 3.10. The molecule has 0 unspecified atom stereocenters. The van der Waals surface area contributed by atoms with Crippen LogP contribution in [0.2, 0.25) is 5.15 Å². The van der Waals surface area contributed by atoms with Crippen molar-refractivity contribution in [3.05, 3.63) is 53.7 Å². The second-order valence-electron chi connectivity index (χ2n) is 4.66. The molecule has 0 atom stereocenters. The molecule has 1 heterocycles. The Morgan fingerprint density at radius 2 is 2.04 bits per heavy atom. The molecular formula is C16H14ClN3O4. The number of pyridine rings is 1. The molecule has 0 fully saturated rings. The summed E-state index contributed by atoms with van der Waals surface area (Å²) >= 11 is 5.79. The van der Waals surface area contributed by atoms with Crippen molar-refractivity contribution in [1.29, 1.82) is 0 Å². The van der Waals surface area contributed by atoms with E-state index in [2.05, 4.69) is 16.9 Å². The van der Waals surface area contributed by atoms with Crippen molar-refractivity contribution in [1.82, 2.24) is 15.6 Å². The number of ether oxygens (including phenoxy) is 1. The van der Waals surface area contributed by atoms with Gasteiger partial charge >= 0.3 is 12.0 Å². The number of halogens is 1. The topological polar surface area (TPSA) is 97.4 Å². The molecule has 2 aromatic rings. The quantitative estimate of drug-likeness (QED) is 0.490. The van der Waals surface area contributed by atoms with E-state index in [-0.39, 0.29) is 12.1 Å². The van der Waals surface area contributed by atoms with Gasteiger partial charge in [0.15, 0.2) is 6.61 Å². The van der Waals surface area contributed by atoms with Crippen molar-refractivity contribution in [2.24, 2.45) is 0 Å². The molecule has 1 aromatic carbocycles. The summed E-state index contributed by atoms with van der Waals surface area (Å²) in [6.07, 6.45) is 1.46. The molecule has 7 nitrogen and oxygen atoms in total. The van der Waals surface area contributed by atoms with Crippen LogP contribution in [0, 0.1) is 0 Å².